The first-order valence-electron chi connectivity index (χ1n) is 14.9. The third-order valence-electron chi connectivity index (χ3n) is 7.14. The molecule has 1 fully saturated rings. The van der Waals surface area contributed by atoms with Crippen molar-refractivity contribution in [1.29, 1.82) is 0 Å². The Balaban J connectivity index is 0.000000771. The molecule has 1 amide bonds. The fraction of sp³-hybridized carbons (Fsp3) is 0.419. The van der Waals surface area contributed by atoms with Crippen molar-refractivity contribution in [3.63, 3.8) is 0 Å². The summed E-state index contributed by atoms with van der Waals surface area (Å²) in [4.78, 5) is 56.9. The molecule has 254 valence electrons. The molecular formula is C31H37F3N6O7. The maximum atomic E-state index is 13.0. The van der Waals surface area contributed by atoms with Crippen LogP contribution in [0.25, 0.3) is 0 Å². The molecule has 4 N–H and O–H groups in total. The minimum absolute atomic E-state index is 0.00571. The van der Waals surface area contributed by atoms with Crippen LogP contribution in [0.1, 0.15) is 37.3 Å². The van der Waals surface area contributed by atoms with E-state index in [0.717, 1.165) is 55.8 Å². The number of carboxylic acid groups (broad SMARTS) is 2. The molecule has 1 atom stereocenters. The van der Waals surface area contributed by atoms with Gasteiger partial charge in [0.05, 0.1) is 6.54 Å². The fourth-order valence-corrected chi connectivity index (χ4v) is 4.73. The molecule has 1 aliphatic rings. The van der Waals surface area contributed by atoms with Crippen LogP contribution in [0.4, 0.5) is 29.6 Å². The number of carboxylic acids is 2. The Labute approximate surface area is 268 Å². The normalized spacial score (nSPS) is 13.9. The van der Waals surface area contributed by atoms with Crippen molar-refractivity contribution in [1.82, 2.24) is 19.9 Å². The van der Waals surface area contributed by atoms with Crippen molar-refractivity contribution in [2.24, 2.45) is 5.92 Å². The van der Waals surface area contributed by atoms with Crippen LogP contribution < -0.4 is 21.2 Å². The molecule has 4 rings (SSSR count). The van der Waals surface area contributed by atoms with Crippen molar-refractivity contribution in [2.75, 3.05) is 29.9 Å². The first-order chi connectivity index (χ1) is 22.4. The van der Waals surface area contributed by atoms with Crippen LogP contribution in [0.5, 0.6) is 0 Å². The highest BCUT2D eigenvalue weighted by Gasteiger charge is 2.38. The van der Waals surface area contributed by atoms with Gasteiger partial charge in [-0.2, -0.15) is 18.2 Å². The molecule has 13 nitrogen and oxygen atoms in total. The first-order valence-corrected chi connectivity index (χ1v) is 14.9. The predicted octanol–water partition coefficient (Wildman–Crippen LogP) is 3.93. The van der Waals surface area contributed by atoms with Crippen molar-refractivity contribution in [3.8, 4) is 0 Å². The Morgan fingerprint density at radius 3 is 2.30 bits per heavy atom. The van der Waals surface area contributed by atoms with Crippen molar-refractivity contribution in [2.45, 2.75) is 58.0 Å². The first kappa shape index (κ1) is 36.3. The van der Waals surface area contributed by atoms with Crippen molar-refractivity contribution in [3.05, 3.63) is 82.5 Å². The second kappa shape index (κ2) is 17.5. The Hall–Kier alpha value is -5.15. The molecule has 0 radical (unpaired) electrons. The molecule has 1 aliphatic heterocycles. The van der Waals surface area contributed by atoms with Crippen LogP contribution in [0.15, 0.2) is 65.7 Å². The van der Waals surface area contributed by atoms with Gasteiger partial charge in [0.1, 0.15) is 24.3 Å². The summed E-state index contributed by atoms with van der Waals surface area (Å²) in [6.07, 6.45) is 0.912. The number of rotatable bonds is 12. The van der Waals surface area contributed by atoms with E-state index in [9.17, 15) is 32.7 Å². The van der Waals surface area contributed by atoms with E-state index < -0.39 is 35.9 Å². The number of alkyl halides is 3. The molecule has 2 aromatic heterocycles. The number of nitrogens with one attached hydrogen (secondary N) is 2. The largest absolute Gasteiger partial charge is 0.490 e. The van der Waals surface area contributed by atoms with E-state index in [1.807, 2.05) is 43.3 Å². The summed E-state index contributed by atoms with van der Waals surface area (Å²) >= 11 is 0. The molecule has 1 aromatic carbocycles. The van der Waals surface area contributed by atoms with E-state index in [1.165, 1.54) is 4.57 Å². The summed E-state index contributed by atoms with van der Waals surface area (Å²) in [5.74, 6) is -2.03. The van der Waals surface area contributed by atoms with Gasteiger partial charge in [-0.25, -0.2) is 24.2 Å². The van der Waals surface area contributed by atoms with Crippen LogP contribution in [0.3, 0.4) is 0 Å². The van der Waals surface area contributed by atoms with Crippen LogP contribution in [0, 0.1) is 5.92 Å². The number of aliphatic carboxylic acids is 2. The van der Waals surface area contributed by atoms with Gasteiger partial charge >= 0.3 is 29.9 Å². The summed E-state index contributed by atoms with van der Waals surface area (Å²) in [5.41, 5.74) is 1.10. The van der Waals surface area contributed by atoms with Crippen molar-refractivity contribution < 1.29 is 42.5 Å². The summed E-state index contributed by atoms with van der Waals surface area (Å²) in [6.45, 7) is 4.16. The lowest BCUT2D eigenvalue weighted by molar-refractivity contribution is -0.192. The number of halogens is 3. The molecule has 0 aliphatic carbocycles. The van der Waals surface area contributed by atoms with Gasteiger partial charge in [-0.1, -0.05) is 49.7 Å². The highest BCUT2D eigenvalue weighted by molar-refractivity contribution is 5.79. The van der Waals surface area contributed by atoms with Gasteiger partial charge < -0.3 is 30.5 Å². The van der Waals surface area contributed by atoms with Crippen LogP contribution in [0.2, 0.25) is 0 Å². The van der Waals surface area contributed by atoms with E-state index in [1.54, 1.807) is 24.5 Å². The number of carbonyl (C=O) groups excluding carboxylic acids is 1. The third-order valence-corrected chi connectivity index (χ3v) is 7.14. The van der Waals surface area contributed by atoms with Gasteiger partial charge in [-0.05, 0) is 42.9 Å². The number of hydrogen-bond acceptors (Lipinski definition) is 9. The average Bonchev–Trinajstić information content (AvgIpc) is 3.05. The number of anilines is 2. The molecule has 0 spiro atoms. The van der Waals surface area contributed by atoms with E-state index >= 15 is 0 Å². The third kappa shape index (κ3) is 11.9. The summed E-state index contributed by atoms with van der Waals surface area (Å²) in [5, 5.41) is 22.6. The van der Waals surface area contributed by atoms with E-state index in [-0.39, 0.29) is 13.2 Å². The zero-order valence-electron chi connectivity index (χ0n) is 25.7. The lowest BCUT2D eigenvalue weighted by Gasteiger charge is -2.34. The monoisotopic (exact) mass is 662 g/mol. The Morgan fingerprint density at radius 1 is 1.06 bits per heavy atom. The molecule has 3 heterocycles. The Morgan fingerprint density at radius 2 is 1.72 bits per heavy atom. The summed E-state index contributed by atoms with van der Waals surface area (Å²) in [7, 11) is 0. The number of piperidine rings is 1. The van der Waals surface area contributed by atoms with Gasteiger partial charge in [-0.15, -0.1) is 0 Å². The van der Waals surface area contributed by atoms with E-state index in [4.69, 9.17) is 14.6 Å². The number of carbonyl (C=O) groups is 3. The average molecular weight is 663 g/mol. The number of hydrogen-bond donors (Lipinski definition) is 4. The van der Waals surface area contributed by atoms with Gasteiger partial charge in [0, 0.05) is 37.6 Å². The number of aromatic nitrogens is 3. The molecule has 3 aromatic rings. The topological polar surface area (TPSA) is 176 Å². The number of benzene rings is 1. The number of aryl methyl sites for hydroxylation is 1. The number of ether oxygens (including phenoxy) is 1. The zero-order chi connectivity index (χ0) is 34.4. The van der Waals surface area contributed by atoms with Crippen LogP contribution in [-0.4, -0.2) is 74.6 Å². The zero-order valence-corrected chi connectivity index (χ0v) is 25.7. The quantitative estimate of drug-likeness (QED) is 0.221. The van der Waals surface area contributed by atoms with Gasteiger partial charge in [0.15, 0.2) is 0 Å². The second-order valence-electron chi connectivity index (χ2n) is 10.7. The van der Waals surface area contributed by atoms with Crippen LogP contribution >= 0.6 is 0 Å². The molecular weight excluding hydrogens is 625 g/mol. The molecule has 47 heavy (non-hydrogen) atoms. The minimum atomic E-state index is -5.08. The number of amides is 1. The van der Waals surface area contributed by atoms with Crippen LogP contribution in [-0.2, 0) is 33.9 Å². The predicted molar refractivity (Wildman–Crippen MR) is 165 cm³/mol. The standard InChI is InChI=1S/C29H36N6O5.C2HF3O2/c1-2-8-23-18-35(19-24(27(36)37)32-29(39)40-20-22-9-4-3-5-10-22)28(38)33-26(23)34-15-12-21(13-16-34)17-31-25-11-6-7-14-30-25;3-2(4,5)1(6)7/h3-7,9-11,14,18,21,24H,2,8,12-13,15-17,19-20H2,1H3,(H,30,31)(H,32,39)(H,36,37);(H,6,7)/t24-;/m0./s1. The maximum Gasteiger partial charge on any atom is 0.490 e. The van der Waals surface area contributed by atoms with E-state index in [0.29, 0.717) is 18.2 Å². The second-order valence-corrected chi connectivity index (χ2v) is 10.7. The van der Waals surface area contributed by atoms with E-state index in [2.05, 4.69) is 25.5 Å². The minimum Gasteiger partial charge on any atom is -0.480 e. The summed E-state index contributed by atoms with van der Waals surface area (Å²) < 4.78 is 38.2. The highest BCUT2D eigenvalue weighted by Crippen LogP contribution is 2.25. The summed E-state index contributed by atoms with van der Waals surface area (Å²) in [6, 6.07) is 13.5. The molecule has 0 saturated carbocycles. The van der Waals surface area contributed by atoms with Gasteiger partial charge in [0.25, 0.3) is 0 Å². The van der Waals surface area contributed by atoms with Gasteiger partial charge in [0.2, 0.25) is 0 Å². The highest BCUT2D eigenvalue weighted by atomic mass is 19.4. The smallest absolute Gasteiger partial charge is 0.480 e. The maximum absolute atomic E-state index is 13.0. The lowest BCUT2D eigenvalue weighted by atomic mass is 9.96. The number of alkyl carbamates (subject to hydrolysis) is 1. The Kier molecular flexibility index (Phi) is 13.5. The Bertz CT molecular complexity index is 1520. The number of pyridine rings is 1. The molecule has 0 bridgehead atoms. The molecule has 16 heteroatoms. The molecule has 1 saturated heterocycles. The van der Waals surface area contributed by atoms with Gasteiger partial charge in [-0.3, -0.25) is 4.57 Å². The molecule has 0 unspecified atom stereocenters. The number of nitrogens with zero attached hydrogens (tertiary/aromatic N) is 4. The van der Waals surface area contributed by atoms with Crippen molar-refractivity contribution >= 4 is 29.7 Å². The fourth-order valence-electron chi connectivity index (χ4n) is 4.73. The SMILES string of the molecule is CCCc1cn(C[C@H](NC(=O)OCc2ccccc2)C(=O)O)c(=O)nc1N1CCC(CNc2ccccn2)CC1.O=C(O)C(F)(F)F. The lowest BCUT2D eigenvalue weighted by Crippen LogP contribution is -2.46.